The Morgan fingerprint density at radius 1 is 1.62 bits per heavy atom. The summed E-state index contributed by atoms with van der Waals surface area (Å²) < 4.78 is 5.49. The Balaban J connectivity index is 3.13. The number of hydrogen-bond donors (Lipinski definition) is 0. The molecule has 16 heavy (non-hydrogen) atoms. The molecule has 1 aliphatic rings. The topological polar surface area (TPSA) is 52.4 Å². The van der Waals surface area contributed by atoms with Crippen LogP contribution in [-0.2, 0) is 4.74 Å². The van der Waals surface area contributed by atoms with Crippen LogP contribution in [0.5, 0.6) is 0 Å². The molecule has 1 rings (SSSR count). The van der Waals surface area contributed by atoms with Crippen molar-refractivity contribution in [2.75, 3.05) is 0 Å². The Morgan fingerprint density at radius 3 is 2.62 bits per heavy atom. The second-order valence-corrected chi connectivity index (χ2v) is 4.92. The van der Waals surface area contributed by atoms with Gasteiger partial charge in [-0.1, -0.05) is 11.6 Å². The molecule has 0 radical (unpaired) electrons. The number of nitrogens with zero attached hydrogens (tertiary/aromatic N) is 1. The molecule has 4 nitrogen and oxygen atoms in total. The number of ether oxygens (including phenoxy) is 1. The summed E-state index contributed by atoms with van der Waals surface area (Å²) in [5.41, 5.74) is -0.385. The predicted molar refractivity (Wildman–Crippen MR) is 62.9 cm³/mol. The lowest BCUT2D eigenvalue weighted by molar-refractivity contribution is -0.559. The maximum atomic E-state index is 11.1. The summed E-state index contributed by atoms with van der Waals surface area (Å²) >= 11 is 5.98. The van der Waals surface area contributed by atoms with Gasteiger partial charge in [0.25, 0.3) is 5.54 Å². The van der Waals surface area contributed by atoms with Gasteiger partial charge in [-0.15, -0.1) is 0 Å². The average molecular weight is 246 g/mol. The molecule has 0 amide bonds. The lowest BCUT2D eigenvalue weighted by Crippen LogP contribution is -2.40. The number of nitro groups is 1. The molecule has 0 saturated carbocycles. The van der Waals surface area contributed by atoms with Crippen LogP contribution in [0, 0.1) is 10.1 Å². The molecule has 1 unspecified atom stereocenters. The zero-order valence-electron chi connectivity index (χ0n) is 9.91. The third-order valence-electron chi connectivity index (χ3n) is 2.57. The van der Waals surface area contributed by atoms with E-state index in [1.165, 1.54) is 0 Å². The summed E-state index contributed by atoms with van der Waals surface area (Å²) in [6.07, 6.45) is 1.74. The van der Waals surface area contributed by atoms with E-state index in [0.29, 0.717) is 10.8 Å². The van der Waals surface area contributed by atoms with E-state index < -0.39 is 5.54 Å². The summed E-state index contributed by atoms with van der Waals surface area (Å²) in [6, 6.07) is 0. The highest BCUT2D eigenvalue weighted by Crippen LogP contribution is 2.37. The number of rotatable bonds is 3. The van der Waals surface area contributed by atoms with E-state index in [1.807, 2.05) is 13.8 Å². The van der Waals surface area contributed by atoms with Gasteiger partial charge in [0.1, 0.15) is 0 Å². The fourth-order valence-corrected chi connectivity index (χ4v) is 1.82. The molecule has 5 heteroatoms. The fourth-order valence-electron chi connectivity index (χ4n) is 1.65. The number of hydrogen-bond acceptors (Lipinski definition) is 3. The van der Waals surface area contributed by atoms with Crippen molar-refractivity contribution < 1.29 is 9.66 Å². The minimum absolute atomic E-state index is 0.103. The smallest absolute Gasteiger partial charge is 0.278 e. The Hall–Kier alpha value is -1.03. The van der Waals surface area contributed by atoms with Crippen molar-refractivity contribution in [1.29, 1.82) is 0 Å². The summed E-state index contributed by atoms with van der Waals surface area (Å²) in [4.78, 5) is 10.8. The monoisotopic (exact) mass is 245 g/mol. The zero-order valence-corrected chi connectivity index (χ0v) is 10.7. The van der Waals surface area contributed by atoms with E-state index in [2.05, 4.69) is 0 Å². The first-order valence-electron chi connectivity index (χ1n) is 5.16. The third-order valence-corrected chi connectivity index (χ3v) is 3.00. The highest BCUT2D eigenvalue weighted by molar-refractivity contribution is 6.31. The first-order chi connectivity index (χ1) is 7.27. The second kappa shape index (κ2) is 4.45. The second-order valence-electron chi connectivity index (χ2n) is 4.51. The van der Waals surface area contributed by atoms with E-state index in [-0.39, 0.29) is 17.4 Å². The average Bonchev–Trinajstić information content (AvgIpc) is 2.13. The largest absolute Gasteiger partial charge is 0.488 e. The van der Waals surface area contributed by atoms with Crippen molar-refractivity contribution in [1.82, 2.24) is 0 Å². The lowest BCUT2D eigenvalue weighted by Gasteiger charge is -2.29. The Bertz CT molecular complexity index is 373. The molecule has 0 fully saturated rings. The minimum atomic E-state index is -1.20. The molecule has 0 saturated heterocycles. The normalized spacial score (nSPS) is 25.8. The Kier molecular flexibility index (Phi) is 3.63. The molecule has 0 aromatic heterocycles. The van der Waals surface area contributed by atoms with Gasteiger partial charge < -0.3 is 4.74 Å². The van der Waals surface area contributed by atoms with Gasteiger partial charge in [0.15, 0.2) is 5.76 Å². The predicted octanol–water partition coefficient (Wildman–Crippen LogP) is 3.25. The van der Waals surface area contributed by atoms with Gasteiger partial charge in [0.05, 0.1) is 6.10 Å². The highest BCUT2D eigenvalue weighted by Gasteiger charge is 2.46. The molecule has 0 aliphatic heterocycles. The molecular formula is C11H16ClNO3. The summed E-state index contributed by atoms with van der Waals surface area (Å²) in [5, 5.41) is 11.7. The van der Waals surface area contributed by atoms with Gasteiger partial charge in [-0.3, -0.25) is 10.1 Å². The van der Waals surface area contributed by atoms with Crippen molar-refractivity contribution in [3.8, 4) is 0 Å². The van der Waals surface area contributed by atoms with E-state index in [4.69, 9.17) is 16.3 Å². The van der Waals surface area contributed by atoms with Gasteiger partial charge in [0.2, 0.25) is 0 Å². The molecule has 0 aromatic rings. The molecule has 90 valence electrons. The van der Waals surface area contributed by atoms with Crippen LogP contribution in [0.15, 0.2) is 22.4 Å². The van der Waals surface area contributed by atoms with Crippen molar-refractivity contribution in [3.05, 3.63) is 32.6 Å². The molecule has 1 aliphatic carbocycles. The maximum absolute atomic E-state index is 11.1. The molecule has 0 aromatic carbocycles. The van der Waals surface area contributed by atoms with Gasteiger partial charge in [0, 0.05) is 29.4 Å². The quantitative estimate of drug-likeness (QED) is 0.567. The van der Waals surface area contributed by atoms with Gasteiger partial charge in [-0.05, 0) is 26.3 Å². The zero-order chi connectivity index (χ0) is 12.5. The number of halogens is 1. The van der Waals surface area contributed by atoms with E-state index in [0.717, 1.165) is 5.57 Å². The minimum Gasteiger partial charge on any atom is -0.488 e. The van der Waals surface area contributed by atoms with Crippen molar-refractivity contribution >= 4 is 11.6 Å². The van der Waals surface area contributed by atoms with Crippen LogP contribution in [0.4, 0.5) is 0 Å². The molecule has 1 atom stereocenters. The Morgan fingerprint density at radius 2 is 2.19 bits per heavy atom. The van der Waals surface area contributed by atoms with Gasteiger partial charge in [-0.2, -0.15) is 0 Å². The fraction of sp³-hybridized carbons (Fsp3) is 0.636. The molecule has 0 bridgehead atoms. The van der Waals surface area contributed by atoms with Crippen LogP contribution in [0.25, 0.3) is 0 Å². The number of allylic oxidation sites excluding steroid dienone is 2. The van der Waals surface area contributed by atoms with Crippen molar-refractivity contribution in [2.45, 2.75) is 45.8 Å². The maximum Gasteiger partial charge on any atom is 0.278 e. The van der Waals surface area contributed by atoms with Crippen LogP contribution in [0.2, 0.25) is 0 Å². The highest BCUT2D eigenvalue weighted by atomic mass is 35.5. The third kappa shape index (κ3) is 2.38. The summed E-state index contributed by atoms with van der Waals surface area (Å²) in [5.74, 6) is 0.336. The lowest BCUT2D eigenvalue weighted by atomic mass is 9.87. The van der Waals surface area contributed by atoms with Crippen LogP contribution >= 0.6 is 11.6 Å². The standard InChI is InChI=1S/C11H16ClNO3/c1-7(2)16-10-5-9(12)8(3)6-11(10,4)13(14)15/h5,7H,6H2,1-4H3. The van der Waals surface area contributed by atoms with E-state index in [9.17, 15) is 10.1 Å². The van der Waals surface area contributed by atoms with Crippen LogP contribution in [0.1, 0.15) is 34.1 Å². The summed E-state index contributed by atoms with van der Waals surface area (Å²) in [7, 11) is 0. The molecule has 0 heterocycles. The first kappa shape index (κ1) is 13.0. The van der Waals surface area contributed by atoms with Crippen molar-refractivity contribution in [2.24, 2.45) is 0 Å². The molecular weight excluding hydrogens is 230 g/mol. The SMILES string of the molecule is CC1=C(Cl)C=C(OC(C)C)C(C)([N+](=O)[O-])C1. The van der Waals surface area contributed by atoms with Crippen LogP contribution in [-0.4, -0.2) is 16.6 Å². The van der Waals surface area contributed by atoms with Gasteiger partial charge >= 0.3 is 0 Å². The van der Waals surface area contributed by atoms with Crippen molar-refractivity contribution in [3.63, 3.8) is 0 Å². The molecule has 0 spiro atoms. The molecule has 0 N–H and O–H groups in total. The van der Waals surface area contributed by atoms with Gasteiger partial charge in [-0.25, -0.2) is 0 Å². The van der Waals surface area contributed by atoms with E-state index in [1.54, 1.807) is 19.9 Å². The van der Waals surface area contributed by atoms with Crippen LogP contribution < -0.4 is 0 Å². The summed E-state index contributed by atoms with van der Waals surface area (Å²) in [6.45, 7) is 7.03. The first-order valence-corrected chi connectivity index (χ1v) is 5.53. The van der Waals surface area contributed by atoms with Crippen LogP contribution in [0.3, 0.4) is 0 Å². The Labute approximate surface area is 100 Å². The van der Waals surface area contributed by atoms with E-state index >= 15 is 0 Å².